The van der Waals surface area contributed by atoms with Gasteiger partial charge >= 0.3 is 0 Å². The maximum Gasteiger partial charge on any atom is 0.284 e. The third kappa shape index (κ3) is 4.39. The minimum Gasteiger partial charge on any atom is -0.493 e. The molecule has 0 fully saturated rings. The lowest BCUT2D eigenvalue weighted by Gasteiger charge is -2.34. The molecule has 1 N–H and O–H groups in total. The molecule has 0 bridgehead atoms. The molecule has 0 radical (unpaired) electrons. The number of amides is 2. The molecule has 1 aromatic carbocycles. The van der Waals surface area contributed by atoms with Crippen molar-refractivity contribution in [1.29, 1.82) is 0 Å². The van der Waals surface area contributed by atoms with Crippen molar-refractivity contribution < 1.29 is 19.1 Å². The Morgan fingerprint density at radius 3 is 2.57 bits per heavy atom. The molecule has 1 unspecified atom stereocenters. The van der Waals surface area contributed by atoms with Crippen molar-refractivity contribution in [2.75, 3.05) is 13.7 Å². The molecule has 6 nitrogen and oxygen atoms in total. The molecule has 3 rings (SSSR count). The topological polar surface area (TPSA) is 77.0 Å². The quantitative estimate of drug-likeness (QED) is 0.870. The fraction of sp³-hybridized carbons (Fsp3) is 0.318. The zero-order valence-electron chi connectivity index (χ0n) is 16.5. The number of carbonyl (C=O) groups is 2. The summed E-state index contributed by atoms with van der Waals surface area (Å²) in [5.74, 6) is 0.437. The first-order valence-corrected chi connectivity index (χ1v) is 9.08. The van der Waals surface area contributed by atoms with Crippen LogP contribution >= 0.6 is 0 Å². The molecule has 0 saturated heterocycles. The molecule has 0 spiro atoms. The Labute approximate surface area is 164 Å². The molecule has 1 atom stereocenters. The lowest BCUT2D eigenvalue weighted by molar-refractivity contribution is -0.119. The highest BCUT2D eigenvalue weighted by Gasteiger charge is 2.32. The van der Waals surface area contributed by atoms with E-state index in [9.17, 15) is 9.59 Å². The fourth-order valence-corrected chi connectivity index (χ4v) is 3.20. The second-order valence-electron chi connectivity index (χ2n) is 7.65. The number of rotatable bonds is 4. The Kier molecular flexibility index (Phi) is 5.49. The molecule has 6 heteroatoms. The van der Waals surface area contributed by atoms with Crippen molar-refractivity contribution in [1.82, 2.24) is 5.32 Å². The van der Waals surface area contributed by atoms with Crippen molar-refractivity contribution in [2.45, 2.75) is 20.8 Å². The maximum atomic E-state index is 12.2. The van der Waals surface area contributed by atoms with Crippen LogP contribution in [0.2, 0.25) is 0 Å². The molecular formula is C22H24N2O4. The number of nitrogens with one attached hydrogen (secondary N) is 1. The third-order valence-corrected chi connectivity index (χ3v) is 4.53. The summed E-state index contributed by atoms with van der Waals surface area (Å²) in [5.41, 5.74) is 2.11. The van der Waals surface area contributed by atoms with Gasteiger partial charge < -0.3 is 14.8 Å². The van der Waals surface area contributed by atoms with Crippen molar-refractivity contribution in [2.24, 2.45) is 16.3 Å². The molecule has 0 saturated carbocycles. The van der Waals surface area contributed by atoms with Crippen LogP contribution in [0, 0.1) is 11.3 Å². The first-order chi connectivity index (χ1) is 13.3. The summed E-state index contributed by atoms with van der Waals surface area (Å²) in [6.45, 7) is 6.02. The van der Waals surface area contributed by atoms with Crippen LogP contribution < -0.4 is 14.8 Å². The standard InChI is InChI=1S/C22H24N2O4/c1-22(2,3)16-12-20(25)24-17-11-14(9-10-15(16)17)23-21(26)13-28-19-8-6-5-7-18(19)27-4/h5-12,15H,13H2,1-4H3,(H,24,25). The molecule has 1 aliphatic heterocycles. The predicted octanol–water partition coefficient (Wildman–Crippen LogP) is 3.21. The van der Waals surface area contributed by atoms with Gasteiger partial charge in [0.2, 0.25) is 5.91 Å². The number of nitrogens with zero attached hydrogens (tertiary/aromatic N) is 1. The number of hydrogen-bond acceptors (Lipinski definition) is 4. The Hall–Kier alpha value is -3.15. The lowest BCUT2D eigenvalue weighted by atomic mass is 9.74. The molecule has 2 amide bonds. The zero-order valence-corrected chi connectivity index (χ0v) is 16.5. The number of allylic oxidation sites excluding steroid dienone is 3. The summed E-state index contributed by atoms with van der Waals surface area (Å²) in [4.78, 5) is 28.3. The van der Waals surface area contributed by atoms with Gasteiger partial charge in [0.05, 0.1) is 12.8 Å². The number of carbonyl (C=O) groups excluding carboxylic acids is 2. The van der Waals surface area contributed by atoms with E-state index in [0.29, 0.717) is 17.2 Å². The molecule has 1 heterocycles. The number of ether oxygens (including phenoxy) is 2. The van der Waals surface area contributed by atoms with Gasteiger partial charge in [-0.3, -0.25) is 9.59 Å². The molecule has 1 aliphatic carbocycles. The average Bonchev–Trinajstić information content (AvgIpc) is 2.65. The second kappa shape index (κ2) is 7.84. The van der Waals surface area contributed by atoms with E-state index in [0.717, 1.165) is 11.3 Å². The van der Waals surface area contributed by atoms with E-state index in [1.807, 2.05) is 12.1 Å². The zero-order chi connectivity index (χ0) is 20.3. The highest BCUT2D eigenvalue weighted by molar-refractivity contribution is 6.11. The smallest absolute Gasteiger partial charge is 0.284 e. The molecule has 146 valence electrons. The second-order valence-corrected chi connectivity index (χ2v) is 7.65. The van der Waals surface area contributed by atoms with E-state index in [2.05, 4.69) is 31.1 Å². The molecule has 2 aliphatic rings. The molecule has 1 aromatic rings. The summed E-state index contributed by atoms with van der Waals surface area (Å²) < 4.78 is 10.7. The highest BCUT2D eigenvalue weighted by Crippen LogP contribution is 2.38. The Bertz CT molecular complexity index is 917. The highest BCUT2D eigenvalue weighted by atomic mass is 16.5. The Balaban J connectivity index is 1.72. The lowest BCUT2D eigenvalue weighted by Crippen LogP contribution is -2.36. The summed E-state index contributed by atoms with van der Waals surface area (Å²) in [7, 11) is 1.54. The minimum absolute atomic E-state index is 0.0171. The predicted molar refractivity (Wildman–Crippen MR) is 107 cm³/mol. The number of fused-ring (bicyclic) bond motifs is 1. The van der Waals surface area contributed by atoms with E-state index in [1.54, 1.807) is 43.5 Å². The number of para-hydroxylation sites is 2. The van der Waals surface area contributed by atoms with E-state index in [-0.39, 0.29) is 23.8 Å². The molecular weight excluding hydrogens is 356 g/mol. The van der Waals surface area contributed by atoms with Gasteiger partial charge in [0.1, 0.15) is 0 Å². The van der Waals surface area contributed by atoms with Crippen LogP contribution in [0.25, 0.3) is 0 Å². The van der Waals surface area contributed by atoms with E-state index in [4.69, 9.17) is 9.47 Å². The summed E-state index contributed by atoms with van der Waals surface area (Å²) in [5, 5.41) is 2.85. The van der Waals surface area contributed by atoms with Gasteiger partial charge in [-0.15, -0.1) is 0 Å². The normalized spacial score (nSPS) is 20.1. The number of aliphatic imine (C=N–C) groups is 1. The van der Waals surface area contributed by atoms with Crippen LogP contribution in [0.5, 0.6) is 11.5 Å². The van der Waals surface area contributed by atoms with Gasteiger partial charge in [-0.05, 0) is 35.3 Å². The first-order valence-electron chi connectivity index (χ1n) is 9.08. The van der Waals surface area contributed by atoms with E-state index >= 15 is 0 Å². The van der Waals surface area contributed by atoms with Crippen LogP contribution in [0.1, 0.15) is 20.8 Å². The number of benzene rings is 1. The first kappa shape index (κ1) is 19.6. The van der Waals surface area contributed by atoms with Crippen molar-refractivity contribution in [3.63, 3.8) is 0 Å². The summed E-state index contributed by atoms with van der Waals surface area (Å²) in [6, 6.07) is 7.10. The number of hydrogen-bond donors (Lipinski definition) is 1. The minimum atomic E-state index is -0.422. The van der Waals surface area contributed by atoms with Crippen molar-refractivity contribution in [3.05, 3.63) is 59.8 Å². The van der Waals surface area contributed by atoms with Crippen LogP contribution in [-0.2, 0) is 9.59 Å². The van der Waals surface area contributed by atoms with Gasteiger partial charge in [0, 0.05) is 17.7 Å². The summed E-state index contributed by atoms with van der Waals surface area (Å²) in [6.07, 6.45) is 7.15. The van der Waals surface area contributed by atoms with Crippen molar-refractivity contribution in [3.8, 4) is 11.5 Å². The van der Waals surface area contributed by atoms with Gasteiger partial charge in [-0.1, -0.05) is 39.0 Å². The maximum absolute atomic E-state index is 12.2. The Morgan fingerprint density at radius 1 is 1.18 bits per heavy atom. The van der Waals surface area contributed by atoms with Gasteiger partial charge in [-0.2, -0.15) is 0 Å². The van der Waals surface area contributed by atoms with Gasteiger partial charge in [0.25, 0.3) is 5.91 Å². The Morgan fingerprint density at radius 2 is 1.89 bits per heavy atom. The molecule has 28 heavy (non-hydrogen) atoms. The van der Waals surface area contributed by atoms with Crippen LogP contribution in [0.4, 0.5) is 0 Å². The summed E-state index contributed by atoms with van der Waals surface area (Å²) >= 11 is 0. The fourth-order valence-electron chi connectivity index (χ4n) is 3.20. The third-order valence-electron chi connectivity index (χ3n) is 4.53. The van der Waals surface area contributed by atoms with E-state index in [1.165, 1.54) is 0 Å². The van der Waals surface area contributed by atoms with Gasteiger partial charge in [-0.25, -0.2) is 4.99 Å². The SMILES string of the molecule is COc1ccccc1OCC(=O)N=C1C=CC2C(=C1)NC(=O)C=C2C(C)(C)C. The van der Waals surface area contributed by atoms with Crippen LogP contribution in [-0.4, -0.2) is 31.2 Å². The number of methoxy groups -OCH3 is 1. The van der Waals surface area contributed by atoms with Crippen LogP contribution in [0.15, 0.2) is 64.8 Å². The van der Waals surface area contributed by atoms with Crippen LogP contribution in [0.3, 0.4) is 0 Å². The largest absolute Gasteiger partial charge is 0.493 e. The van der Waals surface area contributed by atoms with E-state index < -0.39 is 5.91 Å². The molecule has 0 aromatic heterocycles. The van der Waals surface area contributed by atoms with Crippen molar-refractivity contribution >= 4 is 17.5 Å². The van der Waals surface area contributed by atoms with Gasteiger partial charge in [0.15, 0.2) is 18.1 Å². The monoisotopic (exact) mass is 380 g/mol. The average molecular weight is 380 g/mol.